The summed E-state index contributed by atoms with van der Waals surface area (Å²) in [7, 11) is 2.15. The van der Waals surface area contributed by atoms with E-state index in [1.165, 1.54) is 13.1 Å². The zero-order valence-corrected chi connectivity index (χ0v) is 6.97. The van der Waals surface area contributed by atoms with Gasteiger partial charge in [0.2, 0.25) is 0 Å². The van der Waals surface area contributed by atoms with Gasteiger partial charge in [-0.25, -0.2) is 0 Å². The monoisotopic (exact) mass is 143 g/mol. The Morgan fingerprint density at radius 2 is 2.20 bits per heavy atom. The number of ether oxygens (including phenoxy) is 1. The van der Waals surface area contributed by atoms with Crippen molar-refractivity contribution in [2.45, 2.75) is 13.3 Å². The van der Waals surface area contributed by atoms with Crippen molar-refractivity contribution in [2.24, 2.45) is 5.92 Å². The van der Waals surface area contributed by atoms with Gasteiger partial charge in [-0.05, 0) is 13.5 Å². The van der Waals surface area contributed by atoms with Crippen molar-refractivity contribution >= 4 is 0 Å². The van der Waals surface area contributed by atoms with Crippen molar-refractivity contribution in [1.29, 1.82) is 0 Å². The van der Waals surface area contributed by atoms with E-state index in [4.69, 9.17) is 4.74 Å². The summed E-state index contributed by atoms with van der Waals surface area (Å²) in [6.45, 7) is 6.50. The first-order chi connectivity index (χ1) is 4.83. The van der Waals surface area contributed by atoms with Crippen LogP contribution < -0.4 is 0 Å². The van der Waals surface area contributed by atoms with Gasteiger partial charge in [0, 0.05) is 25.6 Å². The summed E-state index contributed by atoms with van der Waals surface area (Å²) in [4.78, 5) is 2.32. The minimum absolute atomic E-state index is 0.816. The maximum atomic E-state index is 5.41. The predicted molar refractivity (Wildman–Crippen MR) is 42.1 cm³/mol. The van der Waals surface area contributed by atoms with E-state index in [1.807, 2.05) is 0 Å². The molecule has 60 valence electrons. The lowest BCUT2D eigenvalue weighted by Gasteiger charge is -2.35. The molecule has 0 bridgehead atoms. The average molecular weight is 143 g/mol. The molecular formula is C8H17NO. The van der Waals surface area contributed by atoms with Crippen LogP contribution in [-0.4, -0.2) is 38.3 Å². The molecule has 1 aliphatic heterocycles. The summed E-state index contributed by atoms with van der Waals surface area (Å²) in [6.07, 6.45) is 1.14. The maximum Gasteiger partial charge on any atom is 0.0518 e. The molecule has 0 amide bonds. The fourth-order valence-electron chi connectivity index (χ4n) is 1.33. The van der Waals surface area contributed by atoms with E-state index in [0.717, 1.165) is 25.6 Å². The molecule has 0 unspecified atom stereocenters. The van der Waals surface area contributed by atoms with Gasteiger partial charge in [-0.2, -0.15) is 0 Å². The Bertz CT molecular complexity index is 89.3. The van der Waals surface area contributed by atoms with E-state index in [2.05, 4.69) is 18.9 Å². The Kier molecular flexibility index (Phi) is 3.16. The summed E-state index contributed by atoms with van der Waals surface area (Å²) in [6, 6.07) is 0. The second-order valence-electron chi connectivity index (χ2n) is 3.16. The lowest BCUT2D eigenvalue weighted by molar-refractivity contribution is 0.0281. The molecule has 0 aromatic rings. The molecule has 0 N–H and O–H groups in total. The Balaban J connectivity index is 1.86. The van der Waals surface area contributed by atoms with Crippen molar-refractivity contribution in [1.82, 2.24) is 4.90 Å². The molecule has 0 aliphatic carbocycles. The maximum absolute atomic E-state index is 5.41. The Labute approximate surface area is 63.2 Å². The molecule has 0 aromatic heterocycles. The molecule has 1 saturated heterocycles. The van der Waals surface area contributed by atoms with Crippen LogP contribution in [0.4, 0.5) is 0 Å². The first-order valence-corrected chi connectivity index (χ1v) is 4.09. The zero-order valence-electron chi connectivity index (χ0n) is 6.97. The highest BCUT2D eigenvalue weighted by atomic mass is 16.5. The second-order valence-corrected chi connectivity index (χ2v) is 3.16. The van der Waals surface area contributed by atoms with Gasteiger partial charge in [0.15, 0.2) is 0 Å². The van der Waals surface area contributed by atoms with Gasteiger partial charge in [0.25, 0.3) is 0 Å². The highest BCUT2D eigenvalue weighted by Gasteiger charge is 2.22. The van der Waals surface area contributed by atoms with Gasteiger partial charge in [0.1, 0.15) is 0 Å². The molecule has 0 saturated carbocycles. The summed E-state index contributed by atoms with van der Waals surface area (Å²) in [5.41, 5.74) is 0. The molecular weight excluding hydrogens is 126 g/mol. The van der Waals surface area contributed by atoms with Crippen molar-refractivity contribution in [2.75, 3.05) is 33.4 Å². The standard InChI is InChI=1S/C8H17NO/c1-3-4-10-7-8-5-9(2)6-8/h8H,3-7H2,1-2H3. The Morgan fingerprint density at radius 3 is 2.70 bits per heavy atom. The minimum Gasteiger partial charge on any atom is -0.381 e. The van der Waals surface area contributed by atoms with Crippen LogP contribution in [0.2, 0.25) is 0 Å². The van der Waals surface area contributed by atoms with Crippen molar-refractivity contribution < 1.29 is 4.74 Å². The largest absolute Gasteiger partial charge is 0.381 e. The highest BCUT2D eigenvalue weighted by Crippen LogP contribution is 2.12. The van der Waals surface area contributed by atoms with Crippen molar-refractivity contribution in [3.05, 3.63) is 0 Å². The molecule has 2 heteroatoms. The molecule has 0 spiro atoms. The summed E-state index contributed by atoms with van der Waals surface area (Å²) in [5, 5.41) is 0. The number of hydrogen-bond acceptors (Lipinski definition) is 2. The van der Waals surface area contributed by atoms with Crippen molar-refractivity contribution in [3.63, 3.8) is 0 Å². The topological polar surface area (TPSA) is 12.5 Å². The van der Waals surface area contributed by atoms with E-state index in [1.54, 1.807) is 0 Å². The molecule has 0 atom stereocenters. The van der Waals surface area contributed by atoms with E-state index in [-0.39, 0.29) is 0 Å². The van der Waals surface area contributed by atoms with Crippen LogP contribution in [0.5, 0.6) is 0 Å². The molecule has 1 aliphatic rings. The highest BCUT2D eigenvalue weighted by molar-refractivity contribution is 4.75. The third-order valence-corrected chi connectivity index (χ3v) is 1.84. The lowest BCUT2D eigenvalue weighted by Crippen LogP contribution is -2.45. The fraction of sp³-hybridized carbons (Fsp3) is 1.00. The predicted octanol–water partition coefficient (Wildman–Crippen LogP) is 0.975. The first-order valence-electron chi connectivity index (χ1n) is 4.09. The zero-order chi connectivity index (χ0) is 7.40. The fourth-order valence-corrected chi connectivity index (χ4v) is 1.33. The molecule has 0 radical (unpaired) electrons. The Hall–Kier alpha value is -0.0800. The number of rotatable bonds is 4. The summed E-state index contributed by atoms with van der Waals surface area (Å²) < 4.78 is 5.41. The third-order valence-electron chi connectivity index (χ3n) is 1.84. The molecule has 1 fully saturated rings. The van der Waals surface area contributed by atoms with Crippen LogP contribution in [-0.2, 0) is 4.74 Å². The number of likely N-dealkylation sites (tertiary alicyclic amines) is 1. The van der Waals surface area contributed by atoms with Crippen LogP contribution in [0, 0.1) is 5.92 Å². The normalized spacial score (nSPS) is 21.0. The third kappa shape index (κ3) is 2.27. The smallest absolute Gasteiger partial charge is 0.0518 e. The Morgan fingerprint density at radius 1 is 1.50 bits per heavy atom. The molecule has 1 rings (SSSR count). The SMILES string of the molecule is CCCOCC1CN(C)C1. The number of hydrogen-bond donors (Lipinski definition) is 0. The van der Waals surface area contributed by atoms with Gasteiger partial charge in [-0.1, -0.05) is 6.92 Å². The summed E-state index contributed by atoms with van der Waals surface area (Å²) in [5.74, 6) is 0.816. The molecule has 10 heavy (non-hydrogen) atoms. The molecule has 0 aromatic carbocycles. The van der Waals surface area contributed by atoms with Gasteiger partial charge < -0.3 is 9.64 Å². The van der Waals surface area contributed by atoms with E-state index in [0.29, 0.717) is 0 Å². The molecule has 1 heterocycles. The van der Waals surface area contributed by atoms with Crippen LogP contribution in [0.3, 0.4) is 0 Å². The van der Waals surface area contributed by atoms with Crippen LogP contribution in [0.1, 0.15) is 13.3 Å². The molecule has 2 nitrogen and oxygen atoms in total. The lowest BCUT2D eigenvalue weighted by atomic mass is 10.0. The summed E-state index contributed by atoms with van der Waals surface area (Å²) >= 11 is 0. The van der Waals surface area contributed by atoms with Gasteiger partial charge in [0.05, 0.1) is 6.61 Å². The quantitative estimate of drug-likeness (QED) is 0.544. The number of nitrogens with zero attached hydrogens (tertiary/aromatic N) is 1. The van der Waals surface area contributed by atoms with E-state index < -0.39 is 0 Å². The van der Waals surface area contributed by atoms with Crippen LogP contribution in [0.15, 0.2) is 0 Å². The van der Waals surface area contributed by atoms with Gasteiger partial charge in [-0.15, -0.1) is 0 Å². The van der Waals surface area contributed by atoms with Crippen molar-refractivity contribution in [3.8, 4) is 0 Å². The van der Waals surface area contributed by atoms with Crippen LogP contribution in [0.25, 0.3) is 0 Å². The average Bonchev–Trinajstić information content (AvgIpc) is 1.85. The van der Waals surface area contributed by atoms with Gasteiger partial charge >= 0.3 is 0 Å². The van der Waals surface area contributed by atoms with E-state index >= 15 is 0 Å². The minimum atomic E-state index is 0.816. The van der Waals surface area contributed by atoms with Crippen LogP contribution >= 0.6 is 0 Å². The van der Waals surface area contributed by atoms with Gasteiger partial charge in [-0.3, -0.25) is 0 Å². The van der Waals surface area contributed by atoms with E-state index in [9.17, 15) is 0 Å². The second kappa shape index (κ2) is 3.94. The first kappa shape index (κ1) is 8.02.